The van der Waals surface area contributed by atoms with Crippen LogP contribution in [0.3, 0.4) is 0 Å². The first-order chi connectivity index (χ1) is 14.8. The summed E-state index contributed by atoms with van der Waals surface area (Å²) in [5.41, 5.74) is 0.927. The third kappa shape index (κ3) is 6.35. The lowest BCUT2D eigenvalue weighted by Gasteiger charge is -2.16. The molecule has 1 fully saturated rings. The monoisotopic (exact) mass is 466 g/mol. The van der Waals surface area contributed by atoms with E-state index in [1.807, 2.05) is 31.2 Å². The maximum Gasteiger partial charge on any atom is 0.258 e. The summed E-state index contributed by atoms with van der Waals surface area (Å²) in [7, 11) is -2.05. The fourth-order valence-electron chi connectivity index (χ4n) is 3.50. The van der Waals surface area contributed by atoms with Crippen LogP contribution in [0.25, 0.3) is 0 Å². The van der Waals surface area contributed by atoms with Crippen molar-refractivity contribution in [1.29, 1.82) is 0 Å². The number of amides is 1. The number of carbonyl (C=O) groups excluding carboxylic acids is 1. The number of hydrogen-bond acceptors (Lipinski definition) is 5. The zero-order valence-electron chi connectivity index (χ0n) is 17.6. The topological polar surface area (TPSA) is 93.7 Å². The van der Waals surface area contributed by atoms with Gasteiger partial charge in [0.05, 0.1) is 23.1 Å². The van der Waals surface area contributed by atoms with Gasteiger partial charge in [0, 0.05) is 6.04 Å². The average molecular weight is 467 g/mol. The Hall–Kier alpha value is -2.29. The van der Waals surface area contributed by atoms with Gasteiger partial charge in [0.1, 0.15) is 11.5 Å². The van der Waals surface area contributed by atoms with Crippen LogP contribution in [0.15, 0.2) is 47.4 Å². The lowest BCUT2D eigenvalue weighted by molar-refractivity contribution is -0.123. The normalized spacial score (nSPS) is 15.5. The van der Waals surface area contributed by atoms with Gasteiger partial charge < -0.3 is 14.8 Å². The zero-order valence-corrected chi connectivity index (χ0v) is 19.1. The summed E-state index contributed by atoms with van der Waals surface area (Å²) in [5.74, 6) is 0.664. The van der Waals surface area contributed by atoms with Gasteiger partial charge in [-0.1, -0.05) is 36.6 Å². The van der Waals surface area contributed by atoms with Gasteiger partial charge in [-0.25, -0.2) is 13.1 Å². The van der Waals surface area contributed by atoms with Gasteiger partial charge >= 0.3 is 0 Å². The second-order valence-electron chi connectivity index (χ2n) is 7.55. The van der Waals surface area contributed by atoms with Crippen LogP contribution >= 0.6 is 11.6 Å². The van der Waals surface area contributed by atoms with Gasteiger partial charge in [0.15, 0.2) is 6.61 Å². The summed E-state index contributed by atoms with van der Waals surface area (Å²) in [6.45, 7) is 1.62. The summed E-state index contributed by atoms with van der Waals surface area (Å²) in [6.07, 6.45) is 3.75. The molecule has 1 amide bonds. The fourth-order valence-corrected chi connectivity index (χ4v) is 5.13. The Morgan fingerprint density at radius 2 is 1.84 bits per heavy atom. The number of ether oxygens (including phenoxy) is 2. The van der Waals surface area contributed by atoms with Gasteiger partial charge in [-0.15, -0.1) is 0 Å². The largest absolute Gasteiger partial charge is 0.497 e. The molecule has 9 heteroatoms. The molecule has 0 bridgehead atoms. The summed E-state index contributed by atoms with van der Waals surface area (Å²) in [4.78, 5) is 12.3. The quantitative estimate of drug-likeness (QED) is 0.585. The molecule has 0 aromatic heterocycles. The summed E-state index contributed by atoms with van der Waals surface area (Å²) in [5, 5.41) is 2.98. The number of benzene rings is 2. The fraction of sp³-hybridized carbons (Fsp3) is 0.409. The van der Waals surface area contributed by atoms with Gasteiger partial charge in [-0.2, -0.15) is 0 Å². The van der Waals surface area contributed by atoms with Crippen molar-refractivity contribution in [2.45, 2.75) is 49.6 Å². The molecule has 2 aromatic rings. The molecule has 1 aliphatic carbocycles. The number of halogens is 1. The Morgan fingerprint density at radius 3 is 2.45 bits per heavy atom. The molecule has 1 saturated carbocycles. The molecule has 0 heterocycles. The van der Waals surface area contributed by atoms with E-state index in [4.69, 9.17) is 21.1 Å². The van der Waals surface area contributed by atoms with Crippen molar-refractivity contribution in [2.75, 3.05) is 13.7 Å². The third-order valence-electron chi connectivity index (χ3n) is 5.24. The number of rotatable bonds is 9. The molecule has 3 rings (SSSR count). The highest BCUT2D eigenvalue weighted by Gasteiger charge is 2.23. The second kappa shape index (κ2) is 10.3. The van der Waals surface area contributed by atoms with Crippen LogP contribution in [0.5, 0.6) is 11.5 Å². The van der Waals surface area contributed by atoms with E-state index in [0.29, 0.717) is 0 Å². The van der Waals surface area contributed by atoms with E-state index in [-0.39, 0.29) is 40.3 Å². The van der Waals surface area contributed by atoms with Crippen LogP contribution < -0.4 is 19.5 Å². The van der Waals surface area contributed by atoms with E-state index < -0.39 is 10.0 Å². The van der Waals surface area contributed by atoms with Gasteiger partial charge in [0.2, 0.25) is 10.0 Å². The maximum absolute atomic E-state index is 12.5. The minimum Gasteiger partial charge on any atom is -0.497 e. The smallest absolute Gasteiger partial charge is 0.258 e. The molecule has 1 aliphatic rings. The molecule has 0 radical (unpaired) electrons. The van der Waals surface area contributed by atoms with Crippen LogP contribution in [-0.4, -0.2) is 34.1 Å². The van der Waals surface area contributed by atoms with Gasteiger partial charge in [-0.3, -0.25) is 4.79 Å². The van der Waals surface area contributed by atoms with E-state index in [1.165, 1.54) is 18.2 Å². The molecule has 0 aliphatic heterocycles. The standard InChI is InChI=1S/C22H27ClN2O5S/c1-15(16-7-9-18(29-2)10-8-16)24-22(26)14-30-21-12-11-19(13-20(21)23)31(27,28)25-17-5-3-4-6-17/h7-13,15,17,25H,3-6,14H2,1-2H3,(H,24,26)/t15-/m1/s1. The minimum atomic E-state index is -3.64. The molecular formula is C22H27ClN2O5S. The van der Waals surface area contributed by atoms with E-state index >= 15 is 0 Å². The Labute approximate surface area is 188 Å². The Bertz CT molecular complexity index is 1010. The van der Waals surface area contributed by atoms with Crippen molar-refractivity contribution in [3.63, 3.8) is 0 Å². The van der Waals surface area contributed by atoms with Crippen LogP contribution in [-0.2, 0) is 14.8 Å². The van der Waals surface area contributed by atoms with Gasteiger partial charge in [-0.05, 0) is 55.7 Å². The lowest BCUT2D eigenvalue weighted by atomic mass is 10.1. The Kier molecular flexibility index (Phi) is 7.80. The predicted octanol–water partition coefficient (Wildman–Crippen LogP) is 3.83. The van der Waals surface area contributed by atoms with Crippen LogP contribution in [0, 0.1) is 0 Å². The number of hydrogen-bond donors (Lipinski definition) is 2. The summed E-state index contributed by atoms with van der Waals surface area (Å²) in [6, 6.07) is 11.4. The zero-order chi connectivity index (χ0) is 22.4. The molecule has 2 N–H and O–H groups in total. The number of carbonyl (C=O) groups is 1. The van der Waals surface area contributed by atoms with Crippen LogP contribution in [0.4, 0.5) is 0 Å². The first kappa shape index (κ1) is 23.4. The molecule has 0 spiro atoms. The molecular weight excluding hydrogens is 440 g/mol. The number of nitrogens with one attached hydrogen (secondary N) is 2. The SMILES string of the molecule is COc1ccc([C@@H](C)NC(=O)COc2ccc(S(=O)(=O)NC3CCCC3)cc2Cl)cc1. The predicted molar refractivity (Wildman–Crippen MR) is 119 cm³/mol. The van der Waals surface area contributed by atoms with Crippen LogP contribution in [0.1, 0.15) is 44.2 Å². The Balaban J connectivity index is 1.55. The van der Waals surface area contributed by atoms with Crippen molar-refractivity contribution >= 4 is 27.5 Å². The highest BCUT2D eigenvalue weighted by Crippen LogP contribution is 2.28. The Morgan fingerprint density at radius 1 is 1.16 bits per heavy atom. The third-order valence-corrected chi connectivity index (χ3v) is 7.06. The van der Waals surface area contributed by atoms with E-state index in [1.54, 1.807) is 7.11 Å². The highest BCUT2D eigenvalue weighted by atomic mass is 35.5. The maximum atomic E-state index is 12.5. The van der Waals surface area contributed by atoms with E-state index in [2.05, 4.69) is 10.0 Å². The molecule has 0 unspecified atom stereocenters. The molecule has 7 nitrogen and oxygen atoms in total. The van der Waals surface area contributed by atoms with E-state index in [0.717, 1.165) is 37.0 Å². The lowest BCUT2D eigenvalue weighted by Crippen LogP contribution is -2.32. The highest BCUT2D eigenvalue weighted by molar-refractivity contribution is 7.89. The van der Waals surface area contributed by atoms with Gasteiger partial charge in [0.25, 0.3) is 5.91 Å². The molecule has 1 atom stereocenters. The van der Waals surface area contributed by atoms with Crippen molar-refractivity contribution in [3.8, 4) is 11.5 Å². The minimum absolute atomic E-state index is 0.0314. The second-order valence-corrected chi connectivity index (χ2v) is 9.67. The van der Waals surface area contributed by atoms with Crippen molar-refractivity contribution < 1.29 is 22.7 Å². The summed E-state index contributed by atoms with van der Waals surface area (Å²) < 4.78 is 38.4. The molecule has 168 valence electrons. The van der Waals surface area contributed by atoms with Crippen LogP contribution in [0.2, 0.25) is 5.02 Å². The van der Waals surface area contributed by atoms with E-state index in [9.17, 15) is 13.2 Å². The first-order valence-electron chi connectivity index (χ1n) is 10.2. The first-order valence-corrected chi connectivity index (χ1v) is 12.0. The van der Waals surface area contributed by atoms with Crippen molar-refractivity contribution in [3.05, 3.63) is 53.1 Å². The summed E-state index contributed by atoms with van der Waals surface area (Å²) >= 11 is 6.20. The number of methoxy groups -OCH3 is 1. The molecule has 2 aromatic carbocycles. The molecule has 31 heavy (non-hydrogen) atoms. The average Bonchev–Trinajstić information content (AvgIpc) is 3.25. The van der Waals surface area contributed by atoms with Crippen molar-refractivity contribution in [1.82, 2.24) is 10.0 Å². The molecule has 0 saturated heterocycles. The number of sulfonamides is 1. The van der Waals surface area contributed by atoms with Crippen molar-refractivity contribution in [2.24, 2.45) is 0 Å².